The highest BCUT2D eigenvalue weighted by Gasteiger charge is 2.05. The van der Waals surface area contributed by atoms with Crippen molar-refractivity contribution in [2.75, 3.05) is 0 Å². The number of hydrogen-bond acceptors (Lipinski definition) is 2. The number of rotatable bonds is 3. The Morgan fingerprint density at radius 2 is 1.60 bits per heavy atom. The van der Waals surface area contributed by atoms with E-state index in [2.05, 4.69) is 24.2 Å². The van der Waals surface area contributed by atoms with E-state index < -0.39 is 0 Å². The summed E-state index contributed by atoms with van der Waals surface area (Å²) >= 11 is 0. The van der Waals surface area contributed by atoms with E-state index in [0.717, 1.165) is 25.1 Å². The van der Waals surface area contributed by atoms with Crippen LogP contribution < -0.4 is 0 Å². The molecular weight excluding hydrogens is 186 g/mol. The van der Waals surface area contributed by atoms with E-state index in [-0.39, 0.29) is 0 Å². The van der Waals surface area contributed by atoms with Gasteiger partial charge < -0.3 is 0 Å². The number of aryl methyl sites for hydroxylation is 2. The summed E-state index contributed by atoms with van der Waals surface area (Å²) in [5.41, 5.74) is 2.36. The molecule has 1 aromatic heterocycles. The van der Waals surface area contributed by atoms with Crippen molar-refractivity contribution in [3.05, 3.63) is 11.4 Å². The molecule has 0 saturated carbocycles. The zero-order valence-corrected chi connectivity index (χ0v) is 11.5. The fraction of sp³-hybridized carbons (Fsp3) is 0.833. The third kappa shape index (κ3) is 5.55. The van der Waals surface area contributed by atoms with Gasteiger partial charge in [-0.15, -0.1) is 5.10 Å². The average Bonchev–Trinajstić information content (AvgIpc) is 2.66. The van der Waals surface area contributed by atoms with Gasteiger partial charge in [-0.2, -0.15) is 0 Å². The molecule has 3 heteroatoms. The van der Waals surface area contributed by atoms with Gasteiger partial charge in [-0.05, 0) is 20.3 Å². The maximum Gasteiger partial charge on any atom is 0.0828 e. The Morgan fingerprint density at radius 1 is 1.07 bits per heavy atom. The summed E-state index contributed by atoms with van der Waals surface area (Å²) in [6.45, 7) is 15.2. The Balaban J connectivity index is 0. The highest BCUT2D eigenvalue weighted by molar-refractivity contribution is 5.07. The molecular formula is C12H27N3. The molecule has 15 heavy (non-hydrogen) atoms. The molecule has 0 aliphatic carbocycles. The smallest absolute Gasteiger partial charge is 0.0828 e. The van der Waals surface area contributed by atoms with Crippen LogP contribution in [0.1, 0.15) is 59.4 Å². The van der Waals surface area contributed by atoms with Crippen LogP contribution in [0.5, 0.6) is 0 Å². The van der Waals surface area contributed by atoms with E-state index in [1.165, 1.54) is 5.69 Å². The minimum atomic E-state index is 0.927. The second kappa shape index (κ2) is 11.2. The summed E-state index contributed by atoms with van der Waals surface area (Å²) in [5, 5.41) is 8.04. The highest BCUT2D eigenvalue weighted by atomic mass is 15.4. The molecule has 1 heterocycles. The second-order valence-corrected chi connectivity index (χ2v) is 2.69. The van der Waals surface area contributed by atoms with E-state index in [9.17, 15) is 0 Å². The van der Waals surface area contributed by atoms with Gasteiger partial charge in [-0.25, -0.2) is 4.68 Å². The summed E-state index contributed by atoms with van der Waals surface area (Å²) in [7, 11) is 0. The Hall–Kier alpha value is -0.860. The minimum absolute atomic E-state index is 0.927. The van der Waals surface area contributed by atoms with Gasteiger partial charge in [-0.3, -0.25) is 0 Å². The molecule has 1 rings (SSSR count). The van der Waals surface area contributed by atoms with Crippen molar-refractivity contribution in [3.63, 3.8) is 0 Å². The maximum atomic E-state index is 4.02. The second-order valence-electron chi connectivity index (χ2n) is 2.69. The van der Waals surface area contributed by atoms with Gasteiger partial charge in [0.05, 0.1) is 11.4 Å². The first kappa shape index (κ1) is 16.6. The molecule has 0 aromatic carbocycles. The first-order chi connectivity index (χ1) is 7.29. The fourth-order valence-corrected chi connectivity index (χ4v) is 1.22. The summed E-state index contributed by atoms with van der Waals surface area (Å²) in [6, 6.07) is 0. The van der Waals surface area contributed by atoms with Crippen LogP contribution in [-0.4, -0.2) is 15.0 Å². The molecule has 0 unspecified atom stereocenters. The standard InChI is InChI=1S/C8H15N3.2C2H6/c1-4-6-8-7(3)9-10-11(8)5-2;2*1-2/h4-6H2,1-3H3;2*1-2H3. The summed E-state index contributed by atoms with van der Waals surface area (Å²) in [5.74, 6) is 0. The van der Waals surface area contributed by atoms with Gasteiger partial charge in [-0.1, -0.05) is 46.3 Å². The third-order valence-corrected chi connectivity index (χ3v) is 1.82. The molecule has 90 valence electrons. The van der Waals surface area contributed by atoms with Crippen LogP contribution in [0.3, 0.4) is 0 Å². The van der Waals surface area contributed by atoms with Gasteiger partial charge >= 0.3 is 0 Å². The SMILES string of the molecule is CC.CC.CCCc1c(C)nnn1CC. The summed E-state index contributed by atoms with van der Waals surface area (Å²) in [6.07, 6.45) is 2.25. The van der Waals surface area contributed by atoms with Crippen LogP contribution in [0.4, 0.5) is 0 Å². The molecule has 0 spiro atoms. The number of aromatic nitrogens is 3. The zero-order chi connectivity index (χ0) is 12.3. The van der Waals surface area contributed by atoms with Crippen LogP contribution in [0.2, 0.25) is 0 Å². The molecule has 0 atom stereocenters. The molecule has 0 N–H and O–H groups in total. The van der Waals surface area contributed by atoms with E-state index in [4.69, 9.17) is 0 Å². The Labute approximate surface area is 94.9 Å². The van der Waals surface area contributed by atoms with Crippen molar-refractivity contribution in [1.29, 1.82) is 0 Å². The number of nitrogens with zero attached hydrogens (tertiary/aromatic N) is 3. The Kier molecular flexibility index (Phi) is 12.4. The van der Waals surface area contributed by atoms with Crippen molar-refractivity contribution < 1.29 is 0 Å². The van der Waals surface area contributed by atoms with Crippen molar-refractivity contribution in [2.24, 2.45) is 0 Å². The van der Waals surface area contributed by atoms with E-state index >= 15 is 0 Å². The first-order valence-corrected chi connectivity index (χ1v) is 6.18. The lowest BCUT2D eigenvalue weighted by Crippen LogP contribution is -2.02. The summed E-state index contributed by atoms with van der Waals surface area (Å²) in [4.78, 5) is 0. The van der Waals surface area contributed by atoms with Crippen molar-refractivity contribution in [1.82, 2.24) is 15.0 Å². The van der Waals surface area contributed by atoms with Gasteiger partial charge in [0.1, 0.15) is 0 Å². The molecule has 1 aromatic rings. The highest BCUT2D eigenvalue weighted by Crippen LogP contribution is 2.06. The lowest BCUT2D eigenvalue weighted by molar-refractivity contribution is 0.593. The van der Waals surface area contributed by atoms with Crippen molar-refractivity contribution in [2.45, 2.75) is 67.9 Å². The molecule has 3 nitrogen and oxygen atoms in total. The van der Waals surface area contributed by atoms with Crippen molar-refractivity contribution >= 4 is 0 Å². The molecule has 0 aliphatic heterocycles. The van der Waals surface area contributed by atoms with Crippen LogP contribution >= 0.6 is 0 Å². The molecule has 0 aliphatic rings. The molecule has 0 saturated heterocycles. The lowest BCUT2D eigenvalue weighted by atomic mass is 10.2. The number of hydrogen-bond donors (Lipinski definition) is 0. The average molecular weight is 213 g/mol. The van der Waals surface area contributed by atoms with Crippen molar-refractivity contribution in [3.8, 4) is 0 Å². The van der Waals surface area contributed by atoms with Gasteiger partial charge in [0, 0.05) is 6.54 Å². The monoisotopic (exact) mass is 213 g/mol. The minimum Gasteiger partial charge on any atom is -0.249 e. The van der Waals surface area contributed by atoms with E-state index in [0.29, 0.717) is 0 Å². The largest absolute Gasteiger partial charge is 0.249 e. The zero-order valence-electron chi connectivity index (χ0n) is 11.5. The van der Waals surface area contributed by atoms with Gasteiger partial charge in [0.25, 0.3) is 0 Å². The maximum absolute atomic E-state index is 4.02. The van der Waals surface area contributed by atoms with Gasteiger partial charge in [0.2, 0.25) is 0 Å². The Bertz CT molecular complexity index is 229. The lowest BCUT2D eigenvalue weighted by Gasteiger charge is -2.00. The molecule has 0 bridgehead atoms. The van der Waals surface area contributed by atoms with E-state index in [1.807, 2.05) is 39.3 Å². The Morgan fingerprint density at radius 3 is 2.00 bits per heavy atom. The molecule has 0 amide bonds. The van der Waals surface area contributed by atoms with Gasteiger partial charge in [0.15, 0.2) is 0 Å². The molecule has 0 fully saturated rings. The normalized spacial score (nSPS) is 8.47. The third-order valence-electron chi connectivity index (χ3n) is 1.82. The predicted molar refractivity (Wildman–Crippen MR) is 67.1 cm³/mol. The van der Waals surface area contributed by atoms with E-state index in [1.54, 1.807) is 0 Å². The quantitative estimate of drug-likeness (QED) is 0.768. The topological polar surface area (TPSA) is 30.7 Å². The fourth-order valence-electron chi connectivity index (χ4n) is 1.22. The predicted octanol–water partition coefficient (Wildman–Crippen LogP) is 3.61. The molecule has 0 radical (unpaired) electrons. The van der Waals surface area contributed by atoms with Crippen LogP contribution in [-0.2, 0) is 13.0 Å². The summed E-state index contributed by atoms with van der Waals surface area (Å²) < 4.78 is 1.97. The van der Waals surface area contributed by atoms with Crippen LogP contribution in [0, 0.1) is 6.92 Å². The first-order valence-electron chi connectivity index (χ1n) is 6.18. The van der Waals surface area contributed by atoms with Crippen LogP contribution in [0.15, 0.2) is 0 Å². The van der Waals surface area contributed by atoms with Crippen LogP contribution in [0.25, 0.3) is 0 Å².